The molecule has 1 N–H and O–H groups in total. The molecule has 0 aliphatic carbocycles. The van der Waals surface area contributed by atoms with Crippen molar-refractivity contribution in [2.45, 2.75) is 6.17 Å². The van der Waals surface area contributed by atoms with Gasteiger partial charge in [-0.3, -0.25) is 9.69 Å². The van der Waals surface area contributed by atoms with Gasteiger partial charge in [-0.25, -0.2) is 4.39 Å². The first-order valence-corrected chi connectivity index (χ1v) is 10.1. The lowest BCUT2D eigenvalue weighted by Gasteiger charge is -2.38. The lowest BCUT2D eigenvalue weighted by Crippen LogP contribution is -2.43. The number of amides is 1. The second-order valence-corrected chi connectivity index (χ2v) is 7.43. The minimum absolute atomic E-state index is 0.113. The van der Waals surface area contributed by atoms with Gasteiger partial charge in [0, 0.05) is 30.2 Å². The van der Waals surface area contributed by atoms with Gasteiger partial charge in [-0.05, 0) is 54.1 Å². The summed E-state index contributed by atoms with van der Waals surface area (Å²) in [6, 6.07) is 21.7. The van der Waals surface area contributed by atoms with Crippen molar-refractivity contribution in [1.82, 2.24) is 0 Å². The molecule has 0 spiro atoms. The van der Waals surface area contributed by atoms with E-state index in [-0.39, 0.29) is 11.7 Å². The Balaban J connectivity index is 1.52. The molecule has 3 aromatic rings. The number of carbonyl (C=O) groups is 1. The Morgan fingerprint density at radius 1 is 0.867 bits per heavy atom. The third-order valence-corrected chi connectivity index (χ3v) is 5.62. The van der Waals surface area contributed by atoms with Crippen LogP contribution in [-0.2, 0) is 4.74 Å². The van der Waals surface area contributed by atoms with Gasteiger partial charge < -0.3 is 15.0 Å². The van der Waals surface area contributed by atoms with Crippen LogP contribution in [0.2, 0.25) is 0 Å². The summed E-state index contributed by atoms with van der Waals surface area (Å²) in [5.41, 5.74) is 4.13. The summed E-state index contributed by atoms with van der Waals surface area (Å²) >= 11 is 0. The molecule has 1 atom stereocenters. The number of halogens is 1. The standard InChI is InChI=1S/C24H22FN3O2/c25-18-7-11-20(12-8-18)28-23(26-22-4-2-1-3-21(22)24(28)29)17-5-9-19(10-6-17)27-13-15-30-16-14-27/h1-12,23,26H,13-16H2/t23-/m1/s1. The van der Waals surface area contributed by atoms with Crippen molar-refractivity contribution in [3.05, 3.63) is 89.7 Å². The molecule has 2 aliphatic heterocycles. The Labute approximate surface area is 174 Å². The number of nitrogens with one attached hydrogen (secondary N) is 1. The van der Waals surface area contributed by atoms with Crippen LogP contribution >= 0.6 is 0 Å². The van der Waals surface area contributed by atoms with Crippen LogP contribution in [0.4, 0.5) is 21.5 Å². The molecule has 30 heavy (non-hydrogen) atoms. The van der Waals surface area contributed by atoms with E-state index in [9.17, 15) is 9.18 Å². The second kappa shape index (κ2) is 7.80. The van der Waals surface area contributed by atoms with Crippen LogP contribution in [0.3, 0.4) is 0 Å². The van der Waals surface area contributed by atoms with Gasteiger partial charge in [-0.1, -0.05) is 24.3 Å². The van der Waals surface area contributed by atoms with Crippen molar-refractivity contribution in [3.8, 4) is 0 Å². The van der Waals surface area contributed by atoms with Crippen LogP contribution in [-0.4, -0.2) is 32.2 Å². The van der Waals surface area contributed by atoms with E-state index in [0.717, 1.165) is 43.2 Å². The fourth-order valence-electron chi connectivity index (χ4n) is 4.04. The van der Waals surface area contributed by atoms with E-state index in [1.54, 1.807) is 23.1 Å². The van der Waals surface area contributed by atoms with Crippen LogP contribution in [0.25, 0.3) is 0 Å². The molecule has 0 saturated carbocycles. The van der Waals surface area contributed by atoms with Crippen molar-refractivity contribution < 1.29 is 13.9 Å². The van der Waals surface area contributed by atoms with Crippen LogP contribution in [0.1, 0.15) is 22.1 Å². The molecule has 3 aromatic carbocycles. The highest BCUT2D eigenvalue weighted by molar-refractivity contribution is 6.12. The van der Waals surface area contributed by atoms with E-state index in [4.69, 9.17) is 4.74 Å². The number of para-hydroxylation sites is 1. The maximum atomic E-state index is 13.5. The highest BCUT2D eigenvalue weighted by Gasteiger charge is 2.34. The molecule has 2 heterocycles. The maximum absolute atomic E-state index is 13.5. The van der Waals surface area contributed by atoms with Gasteiger partial charge in [-0.15, -0.1) is 0 Å². The zero-order chi connectivity index (χ0) is 20.5. The molecule has 1 amide bonds. The molecule has 5 nitrogen and oxygen atoms in total. The molecule has 0 unspecified atom stereocenters. The third kappa shape index (κ3) is 3.39. The van der Waals surface area contributed by atoms with E-state index < -0.39 is 6.17 Å². The molecule has 1 fully saturated rings. The highest BCUT2D eigenvalue weighted by Crippen LogP contribution is 2.37. The average Bonchev–Trinajstić information content (AvgIpc) is 2.81. The fraction of sp³-hybridized carbons (Fsp3) is 0.208. The van der Waals surface area contributed by atoms with Gasteiger partial charge in [0.25, 0.3) is 5.91 Å². The van der Waals surface area contributed by atoms with Gasteiger partial charge in [0.1, 0.15) is 12.0 Å². The summed E-state index contributed by atoms with van der Waals surface area (Å²) < 4.78 is 18.9. The fourth-order valence-corrected chi connectivity index (χ4v) is 4.04. The number of carbonyl (C=O) groups excluding carboxylic acids is 1. The normalized spacial score (nSPS) is 18.7. The first-order valence-electron chi connectivity index (χ1n) is 10.1. The lowest BCUT2D eigenvalue weighted by molar-refractivity contribution is 0.0975. The number of ether oxygens (including phenoxy) is 1. The predicted octanol–water partition coefficient (Wildman–Crippen LogP) is 4.43. The number of nitrogens with zero attached hydrogens (tertiary/aromatic N) is 2. The maximum Gasteiger partial charge on any atom is 0.262 e. The topological polar surface area (TPSA) is 44.8 Å². The van der Waals surface area contributed by atoms with Crippen LogP contribution in [0.15, 0.2) is 72.8 Å². The van der Waals surface area contributed by atoms with E-state index in [2.05, 4.69) is 22.3 Å². The Morgan fingerprint density at radius 3 is 2.27 bits per heavy atom. The SMILES string of the molecule is O=C1c2ccccc2N[C@@H](c2ccc(N3CCOCC3)cc2)N1c1ccc(F)cc1. The van der Waals surface area contributed by atoms with E-state index in [1.807, 2.05) is 30.3 Å². The number of rotatable bonds is 3. The zero-order valence-corrected chi connectivity index (χ0v) is 16.4. The summed E-state index contributed by atoms with van der Waals surface area (Å²) in [5.74, 6) is -0.443. The van der Waals surface area contributed by atoms with Crippen molar-refractivity contribution in [1.29, 1.82) is 0 Å². The van der Waals surface area contributed by atoms with Gasteiger partial charge >= 0.3 is 0 Å². The van der Waals surface area contributed by atoms with Gasteiger partial charge in [0.2, 0.25) is 0 Å². The largest absolute Gasteiger partial charge is 0.378 e. The quantitative estimate of drug-likeness (QED) is 0.703. The van der Waals surface area contributed by atoms with Crippen molar-refractivity contribution in [3.63, 3.8) is 0 Å². The summed E-state index contributed by atoms with van der Waals surface area (Å²) in [6.45, 7) is 3.20. The minimum Gasteiger partial charge on any atom is -0.378 e. The van der Waals surface area contributed by atoms with Crippen LogP contribution in [0, 0.1) is 5.82 Å². The Bertz CT molecular complexity index is 1050. The molecule has 0 bridgehead atoms. The molecule has 0 radical (unpaired) electrons. The average molecular weight is 403 g/mol. The van der Waals surface area contributed by atoms with E-state index in [1.165, 1.54) is 12.1 Å². The predicted molar refractivity (Wildman–Crippen MR) is 115 cm³/mol. The van der Waals surface area contributed by atoms with Crippen LogP contribution in [0.5, 0.6) is 0 Å². The number of anilines is 3. The summed E-state index contributed by atoms with van der Waals surface area (Å²) in [4.78, 5) is 17.3. The Kier molecular flexibility index (Phi) is 4.85. The summed E-state index contributed by atoms with van der Waals surface area (Å²) in [5, 5.41) is 3.48. The summed E-state index contributed by atoms with van der Waals surface area (Å²) in [6.07, 6.45) is -0.392. The third-order valence-electron chi connectivity index (χ3n) is 5.62. The van der Waals surface area contributed by atoms with Gasteiger partial charge in [-0.2, -0.15) is 0 Å². The molecule has 6 heteroatoms. The lowest BCUT2D eigenvalue weighted by atomic mass is 10.0. The second-order valence-electron chi connectivity index (χ2n) is 7.43. The van der Waals surface area contributed by atoms with Crippen molar-refractivity contribution in [2.24, 2.45) is 0 Å². The summed E-state index contributed by atoms with van der Waals surface area (Å²) in [7, 11) is 0. The number of hydrogen-bond donors (Lipinski definition) is 1. The first-order chi connectivity index (χ1) is 14.7. The molecular weight excluding hydrogens is 381 g/mol. The van der Waals surface area contributed by atoms with Crippen molar-refractivity contribution >= 4 is 23.0 Å². The molecule has 152 valence electrons. The molecule has 1 saturated heterocycles. The Hall–Kier alpha value is -3.38. The number of hydrogen-bond acceptors (Lipinski definition) is 4. The van der Waals surface area contributed by atoms with Gasteiger partial charge in [0.15, 0.2) is 0 Å². The number of morpholine rings is 1. The first kappa shape index (κ1) is 18.6. The zero-order valence-electron chi connectivity index (χ0n) is 16.4. The van der Waals surface area contributed by atoms with Crippen LogP contribution < -0.4 is 15.1 Å². The Morgan fingerprint density at radius 2 is 1.53 bits per heavy atom. The molecule has 0 aromatic heterocycles. The smallest absolute Gasteiger partial charge is 0.262 e. The molecular formula is C24H22FN3O2. The highest BCUT2D eigenvalue weighted by atomic mass is 19.1. The number of fused-ring (bicyclic) bond motifs is 1. The van der Waals surface area contributed by atoms with Gasteiger partial charge in [0.05, 0.1) is 18.8 Å². The molecule has 5 rings (SSSR count). The minimum atomic E-state index is -0.392. The molecule has 2 aliphatic rings. The van der Waals surface area contributed by atoms with E-state index in [0.29, 0.717) is 11.3 Å². The van der Waals surface area contributed by atoms with Crippen molar-refractivity contribution in [2.75, 3.05) is 41.4 Å². The number of benzene rings is 3. The monoisotopic (exact) mass is 403 g/mol. The van der Waals surface area contributed by atoms with E-state index >= 15 is 0 Å².